The van der Waals surface area contributed by atoms with Crippen LogP contribution in [0.2, 0.25) is 0 Å². The molecule has 3 N–H and O–H groups in total. The number of aromatic amines is 1. The van der Waals surface area contributed by atoms with Gasteiger partial charge in [0.25, 0.3) is 0 Å². The van der Waals surface area contributed by atoms with Crippen molar-refractivity contribution in [2.24, 2.45) is 5.16 Å². The molecule has 2 amide bonds. The van der Waals surface area contributed by atoms with Crippen LogP contribution >= 0.6 is 0 Å². The average molecular weight is 343 g/mol. The smallest absolute Gasteiger partial charge is 0.315 e. The Morgan fingerprint density at radius 2 is 2.24 bits per heavy atom. The number of benzene rings is 1. The number of nitrogens with one attached hydrogen (secondary N) is 3. The van der Waals surface area contributed by atoms with Crippen LogP contribution in [0.15, 0.2) is 41.8 Å². The third-order valence-electron chi connectivity index (χ3n) is 4.01. The minimum atomic E-state index is -0.254. The molecule has 2 heterocycles. The van der Waals surface area contributed by atoms with Gasteiger partial charge < -0.3 is 20.2 Å². The van der Waals surface area contributed by atoms with Crippen LogP contribution < -0.4 is 15.4 Å². The third-order valence-corrected chi connectivity index (χ3v) is 4.01. The SMILES string of the molecule is COc1ccc(C2=NO[C@H](CNC(=O)N[C@@H](C)c3cn[nH]c3)C2)cc1. The molecule has 0 saturated heterocycles. The van der Waals surface area contributed by atoms with E-state index < -0.39 is 0 Å². The number of carbonyl (C=O) groups is 1. The molecular formula is C17H21N5O3. The molecule has 8 heteroatoms. The number of H-pyrrole nitrogens is 1. The van der Waals surface area contributed by atoms with Gasteiger partial charge in [0, 0.05) is 18.2 Å². The monoisotopic (exact) mass is 343 g/mol. The maximum absolute atomic E-state index is 12.0. The molecule has 2 atom stereocenters. The maximum Gasteiger partial charge on any atom is 0.315 e. The van der Waals surface area contributed by atoms with Crippen LogP contribution in [0.4, 0.5) is 4.79 Å². The fourth-order valence-electron chi connectivity index (χ4n) is 2.53. The first-order valence-corrected chi connectivity index (χ1v) is 8.06. The second kappa shape index (κ2) is 7.69. The Balaban J connectivity index is 1.43. The van der Waals surface area contributed by atoms with Crippen molar-refractivity contribution in [3.63, 3.8) is 0 Å². The number of carbonyl (C=O) groups excluding carboxylic acids is 1. The van der Waals surface area contributed by atoms with Crippen molar-refractivity contribution < 1.29 is 14.4 Å². The summed E-state index contributed by atoms with van der Waals surface area (Å²) < 4.78 is 5.14. The first-order chi connectivity index (χ1) is 12.2. The van der Waals surface area contributed by atoms with Crippen LogP contribution in [0.25, 0.3) is 0 Å². The molecule has 3 rings (SSSR count). The lowest BCUT2D eigenvalue weighted by atomic mass is 10.0. The lowest BCUT2D eigenvalue weighted by Crippen LogP contribution is -2.40. The first-order valence-electron chi connectivity index (χ1n) is 8.06. The topological polar surface area (TPSA) is 101 Å². The largest absolute Gasteiger partial charge is 0.497 e. The van der Waals surface area contributed by atoms with Gasteiger partial charge in [-0.15, -0.1) is 0 Å². The highest BCUT2D eigenvalue weighted by Crippen LogP contribution is 2.19. The van der Waals surface area contributed by atoms with Gasteiger partial charge in [-0.25, -0.2) is 4.79 Å². The zero-order valence-electron chi connectivity index (χ0n) is 14.2. The Morgan fingerprint density at radius 1 is 1.44 bits per heavy atom. The number of oxime groups is 1. The third kappa shape index (κ3) is 4.28. The van der Waals surface area contributed by atoms with Crippen molar-refractivity contribution in [1.82, 2.24) is 20.8 Å². The number of methoxy groups -OCH3 is 1. The predicted octanol–water partition coefficient (Wildman–Crippen LogP) is 1.97. The summed E-state index contributed by atoms with van der Waals surface area (Å²) in [5.41, 5.74) is 2.76. The van der Waals surface area contributed by atoms with E-state index in [1.165, 1.54) is 0 Å². The van der Waals surface area contributed by atoms with E-state index in [0.29, 0.717) is 13.0 Å². The number of nitrogens with zero attached hydrogens (tertiary/aromatic N) is 2. The van der Waals surface area contributed by atoms with Gasteiger partial charge in [0.1, 0.15) is 5.75 Å². The van der Waals surface area contributed by atoms with Crippen molar-refractivity contribution >= 4 is 11.7 Å². The normalized spacial score (nSPS) is 17.4. The Labute approximate surface area is 145 Å². The number of rotatable bonds is 6. The Hall–Kier alpha value is -3.03. The minimum absolute atomic E-state index is 0.130. The van der Waals surface area contributed by atoms with Crippen LogP contribution in [0.5, 0.6) is 5.75 Å². The summed E-state index contributed by atoms with van der Waals surface area (Å²) >= 11 is 0. The maximum atomic E-state index is 12.0. The minimum Gasteiger partial charge on any atom is -0.497 e. The molecule has 0 aliphatic carbocycles. The van der Waals surface area contributed by atoms with Gasteiger partial charge in [-0.3, -0.25) is 5.10 Å². The fraction of sp³-hybridized carbons (Fsp3) is 0.353. The zero-order chi connectivity index (χ0) is 17.6. The van der Waals surface area contributed by atoms with Crippen molar-refractivity contribution in [3.05, 3.63) is 47.8 Å². The van der Waals surface area contributed by atoms with Crippen molar-refractivity contribution in [2.75, 3.05) is 13.7 Å². The Kier molecular flexibility index (Phi) is 5.17. The Morgan fingerprint density at radius 3 is 2.92 bits per heavy atom. The first kappa shape index (κ1) is 16.8. The fourth-order valence-corrected chi connectivity index (χ4v) is 2.53. The molecule has 8 nitrogen and oxygen atoms in total. The van der Waals surface area contributed by atoms with Crippen LogP contribution in [0.3, 0.4) is 0 Å². The van der Waals surface area contributed by atoms with Gasteiger partial charge in [-0.2, -0.15) is 5.10 Å². The molecule has 2 aromatic rings. The van der Waals surface area contributed by atoms with Gasteiger partial charge in [-0.05, 0) is 36.8 Å². The van der Waals surface area contributed by atoms with Crippen LogP contribution in [0, 0.1) is 0 Å². The van der Waals surface area contributed by atoms with E-state index in [0.717, 1.165) is 22.6 Å². The number of aromatic nitrogens is 2. The van der Waals surface area contributed by atoms with Gasteiger partial charge in [0.2, 0.25) is 0 Å². The second-order valence-corrected chi connectivity index (χ2v) is 5.81. The van der Waals surface area contributed by atoms with Gasteiger partial charge in [0.15, 0.2) is 6.10 Å². The number of amides is 2. The van der Waals surface area contributed by atoms with Crippen LogP contribution in [-0.4, -0.2) is 41.7 Å². The quantitative estimate of drug-likeness (QED) is 0.746. The zero-order valence-corrected chi connectivity index (χ0v) is 14.2. The molecule has 0 bridgehead atoms. The van der Waals surface area contributed by atoms with Crippen molar-refractivity contribution in [3.8, 4) is 5.75 Å². The summed E-state index contributed by atoms with van der Waals surface area (Å²) in [6, 6.07) is 7.26. The van der Waals surface area contributed by atoms with E-state index in [1.807, 2.05) is 31.2 Å². The van der Waals surface area contributed by atoms with Crippen molar-refractivity contribution in [2.45, 2.75) is 25.5 Å². The predicted molar refractivity (Wildman–Crippen MR) is 92.6 cm³/mol. The van der Waals surface area contributed by atoms with E-state index in [-0.39, 0.29) is 18.2 Å². The van der Waals surface area contributed by atoms with Gasteiger partial charge in [-0.1, -0.05) is 5.16 Å². The van der Waals surface area contributed by atoms with Gasteiger partial charge in [0.05, 0.1) is 31.6 Å². The molecule has 1 aromatic carbocycles. The summed E-state index contributed by atoms with van der Waals surface area (Å²) in [5, 5.41) is 16.4. The van der Waals surface area contributed by atoms with E-state index in [9.17, 15) is 4.79 Å². The van der Waals surface area contributed by atoms with E-state index in [1.54, 1.807) is 19.5 Å². The van der Waals surface area contributed by atoms with Crippen LogP contribution in [0.1, 0.15) is 30.5 Å². The highest BCUT2D eigenvalue weighted by Gasteiger charge is 2.23. The van der Waals surface area contributed by atoms with Gasteiger partial charge >= 0.3 is 6.03 Å². The molecule has 1 aliphatic heterocycles. The summed E-state index contributed by atoms with van der Waals surface area (Å²) in [4.78, 5) is 17.4. The highest BCUT2D eigenvalue weighted by molar-refractivity contribution is 6.01. The molecule has 132 valence electrons. The number of hydrogen-bond acceptors (Lipinski definition) is 5. The molecule has 1 aromatic heterocycles. The molecule has 0 fully saturated rings. The lowest BCUT2D eigenvalue weighted by molar-refractivity contribution is 0.0864. The van der Waals surface area contributed by atoms with E-state index in [4.69, 9.17) is 9.57 Å². The van der Waals surface area contributed by atoms with Crippen molar-refractivity contribution in [1.29, 1.82) is 0 Å². The standard InChI is InChI=1S/C17H21N5O3/c1-11(13-8-19-20-9-13)21-17(23)18-10-15-7-16(22-25-15)12-3-5-14(24-2)6-4-12/h3-6,8-9,11,15H,7,10H2,1-2H3,(H,19,20)(H2,18,21,23)/t11-,15-/m0/s1. The second-order valence-electron chi connectivity index (χ2n) is 5.81. The summed E-state index contributed by atoms with van der Waals surface area (Å²) in [5.74, 6) is 0.796. The van der Waals surface area contributed by atoms with E-state index >= 15 is 0 Å². The average Bonchev–Trinajstić information content (AvgIpc) is 3.32. The van der Waals surface area contributed by atoms with Crippen LogP contribution in [-0.2, 0) is 4.84 Å². The summed E-state index contributed by atoms with van der Waals surface area (Å²) in [6.45, 7) is 2.27. The molecule has 0 radical (unpaired) electrons. The Bertz CT molecular complexity index is 727. The summed E-state index contributed by atoms with van der Waals surface area (Å²) in [7, 11) is 1.63. The molecule has 0 unspecified atom stereocenters. The number of urea groups is 1. The summed E-state index contributed by atoms with van der Waals surface area (Å²) in [6.07, 6.45) is 3.90. The van der Waals surface area contributed by atoms with E-state index in [2.05, 4.69) is 26.0 Å². The highest BCUT2D eigenvalue weighted by atomic mass is 16.6. The number of hydrogen-bond donors (Lipinski definition) is 3. The molecule has 25 heavy (non-hydrogen) atoms. The lowest BCUT2D eigenvalue weighted by Gasteiger charge is -2.14. The molecule has 0 spiro atoms. The number of ether oxygens (including phenoxy) is 1. The molecule has 1 aliphatic rings. The molecular weight excluding hydrogens is 322 g/mol. The molecule has 0 saturated carbocycles.